The van der Waals surface area contributed by atoms with Crippen molar-refractivity contribution in [3.05, 3.63) is 150 Å². The van der Waals surface area contributed by atoms with E-state index in [1.54, 1.807) is 0 Å². The second-order valence-electron chi connectivity index (χ2n) is 10.8. The maximum atomic E-state index is 2.58. The Morgan fingerprint density at radius 1 is 0.692 bits per heavy atom. The zero-order valence-electron chi connectivity index (χ0n) is 21.8. The number of fused-ring (bicyclic) bond motifs is 4. The summed E-state index contributed by atoms with van der Waals surface area (Å²) in [6.45, 7) is 2.34. The van der Waals surface area contributed by atoms with Crippen molar-refractivity contribution >= 4 is 39.6 Å². The van der Waals surface area contributed by atoms with Gasteiger partial charge in [-0.25, -0.2) is 0 Å². The Kier molecular flexibility index (Phi) is 5.05. The van der Waals surface area contributed by atoms with E-state index in [2.05, 4.69) is 150 Å². The Morgan fingerprint density at radius 3 is 2.13 bits per heavy atom. The van der Waals surface area contributed by atoms with E-state index < -0.39 is 5.66 Å². The number of hydrogen-bond acceptors (Lipinski definition) is 2. The SMILES string of the molecule is CC1C=C2C(=CC(N3c4ccccc4Sc4ccccc43)(n3ccc4ccccc43)C=C2c2ccccc2)C1. The zero-order chi connectivity index (χ0) is 26.0. The van der Waals surface area contributed by atoms with Gasteiger partial charge in [0.25, 0.3) is 0 Å². The average Bonchev–Trinajstić information content (AvgIpc) is 3.59. The summed E-state index contributed by atoms with van der Waals surface area (Å²) >= 11 is 1.86. The summed E-state index contributed by atoms with van der Waals surface area (Å²) in [5.74, 6) is 0.507. The largest absolute Gasteiger partial charge is 0.317 e. The third-order valence-electron chi connectivity index (χ3n) is 8.23. The molecule has 3 heteroatoms. The molecule has 39 heavy (non-hydrogen) atoms. The second kappa shape index (κ2) is 8.65. The molecule has 0 fully saturated rings. The van der Waals surface area contributed by atoms with Gasteiger partial charge in [0, 0.05) is 16.0 Å². The lowest BCUT2D eigenvalue weighted by Crippen LogP contribution is -2.47. The molecule has 0 amide bonds. The van der Waals surface area contributed by atoms with E-state index in [0.29, 0.717) is 5.92 Å². The average molecular weight is 521 g/mol. The van der Waals surface area contributed by atoms with Crippen molar-refractivity contribution in [2.24, 2.45) is 5.92 Å². The van der Waals surface area contributed by atoms with Crippen LogP contribution >= 0.6 is 11.8 Å². The van der Waals surface area contributed by atoms with Crippen LogP contribution in [0.1, 0.15) is 18.9 Å². The summed E-state index contributed by atoms with van der Waals surface area (Å²) in [5, 5.41) is 1.25. The smallest absolute Gasteiger partial charge is 0.161 e. The lowest BCUT2D eigenvalue weighted by atomic mass is 9.83. The van der Waals surface area contributed by atoms with Crippen LogP contribution in [0.25, 0.3) is 16.5 Å². The standard InChI is InChI=1S/C36H28N2S/c1-25-21-28-23-36(37-20-19-27-13-5-6-14-31(27)37,24-30(29(28)22-25)26-11-3-2-4-12-26)38-32-15-7-9-17-34(32)39-35-18-10-8-16-33(35)38/h2-20,22-25H,21H2,1H3. The molecule has 5 aromatic rings. The summed E-state index contributed by atoms with van der Waals surface area (Å²) < 4.78 is 2.49. The molecule has 2 nitrogen and oxygen atoms in total. The number of para-hydroxylation sites is 3. The minimum Gasteiger partial charge on any atom is -0.317 e. The number of hydrogen-bond donors (Lipinski definition) is 0. The van der Waals surface area contributed by atoms with Gasteiger partial charge in [-0.3, -0.25) is 0 Å². The van der Waals surface area contributed by atoms with Crippen molar-refractivity contribution in [1.82, 2.24) is 4.57 Å². The highest BCUT2D eigenvalue weighted by atomic mass is 32.2. The Labute approximate surface area is 233 Å². The van der Waals surface area contributed by atoms with Gasteiger partial charge in [-0.05, 0) is 88.6 Å². The van der Waals surface area contributed by atoms with E-state index in [1.165, 1.54) is 54.4 Å². The highest BCUT2D eigenvalue weighted by Gasteiger charge is 2.44. The minimum atomic E-state index is -0.585. The van der Waals surface area contributed by atoms with Gasteiger partial charge in [0.2, 0.25) is 0 Å². The Hall–Kier alpha value is -4.21. The summed E-state index contributed by atoms with van der Waals surface area (Å²) in [6, 6.07) is 39.7. The van der Waals surface area contributed by atoms with Crippen molar-refractivity contribution in [2.75, 3.05) is 4.90 Å². The molecule has 0 saturated heterocycles. The van der Waals surface area contributed by atoms with E-state index in [9.17, 15) is 0 Å². The topological polar surface area (TPSA) is 8.17 Å². The molecule has 0 spiro atoms. The first-order valence-electron chi connectivity index (χ1n) is 13.7. The normalized spacial score (nSPS) is 21.5. The van der Waals surface area contributed by atoms with Gasteiger partial charge in [0.1, 0.15) is 0 Å². The maximum Gasteiger partial charge on any atom is 0.161 e. The molecule has 2 atom stereocenters. The van der Waals surface area contributed by atoms with E-state index in [1.807, 2.05) is 11.8 Å². The zero-order valence-corrected chi connectivity index (χ0v) is 22.6. The molecular formula is C36H28N2S. The fourth-order valence-corrected chi connectivity index (χ4v) is 7.67. The van der Waals surface area contributed by atoms with Crippen molar-refractivity contribution in [3.63, 3.8) is 0 Å². The Morgan fingerprint density at radius 2 is 1.36 bits per heavy atom. The Balaban J connectivity index is 1.51. The molecular weight excluding hydrogens is 492 g/mol. The molecule has 1 aliphatic heterocycles. The first kappa shape index (κ1) is 22.7. The van der Waals surface area contributed by atoms with Gasteiger partial charge in [-0.1, -0.05) is 97.6 Å². The molecule has 2 unspecified atom stereocenters. The quantitative estimate of drug-likeness (QED) is 0.234. The first-order valence-corrected chi connectivity index (χ1v) is 14.5. The third-order valence-corrected chi connectivity index (χ3v) is 9.36. The fourth-order valence-electron chi connectivity index (χ4n) is 6.61. The van der Waals surface area contributed by atoms with E-state index in [4.69, 9.17) is 0 Å². The van der Waals surface area contributed by atoms with Crippen molar-refractivity contribution < 1.29 is 0 Å². The molecule has 8 rings (SSSR count). The predicted molar refractivity (Wildman–Crippen MR) is 163 cm³/mol. The molecule has 3 aliphatic rings. The highest BCUT2D eigenvalue weighted by molar-refractivity contribution is 7.99. The van der Waals surface area contributed by atoms with Gasteiger partial charge < -0.3 is 9.47 Å². The van der Waals surface area contributed by atoms with Crippen molar-refractivity contribution in [3.8, 4) is 0 Å². The molecule has 2 aliphatic carbocycles. The number of allylic oxidation sites excluding steroid dienone is 4. The summed E-state index contributed by atoms with van der Waals surface area (Å²) in [6.07, 6.45) is 10.9. The van der Waals surface area contributed by atoms with E-state index in [0.717, 1.165) is 6.42 Å². The van der Waals surface area contributed by atoms with Gasteiger partial charge in [0.05, 0.1) is 16.9 Å². The lowest BCUT2D eigenvalue weighted by Gasteiger charge is -2.48. The molecule has 0 radical (unpaired) electrons. The van der Waals surface area contributed by atoms with Crippen molar-refractivity contribution in [2.45, 2.75) is 28.8 Å². The van der Waals surface area contributed by atoms with Crippen LogP contribution in [-0.2, 0) is 5.66 Å². The molecule has 0 saturated carbocycles. The summed E-state index contributed by atoms with van der Waals surface area (Å²) in [4.78, 5) is 5.14. The fraction of sp³-hybridized carbons (Fsp3) is 0.111. The van der Waals surface area contributed by atoms with Crippen LogP contribution in [0.15, 0.2) is 155 Å². The number of aromatic nitrogens is 1. The lowest BCUT2D eigenvalue weighted by molar-refractivity contribution is 0.479. The summed E-state index contributed by atoms with van der Waals surface area (Å²) in [7, 11) is 0. The number of anilines is 2. The van der Waals surface area contributed by atoms with Crippen LogP contribution in [0, 0.1) is 5.92 Å². The molecule has 0 bridgehead atoms. The maximum absolute atomic E-state index is 2.58. The van der Waals surface area contributed by atoms with Gasteiger partial charge in [-0.15, -0.1) is 0 Å². The van der Waals surface area contributed by atoms with Gasteiger partial charge >= 0.3 is 0 Å². The van der Waals surface area contributed by atoms with Crippen LogP contribution in [-0.4, -0.2) is 4.57 Å². The summed E-state index contributed by atoms with van der Waals surface area (Å²) in [5.41, 5.74) is 8.49. The number of nitrogens with zero attached hydrogens (tertiary/aromatic N) is 2. The van der Waals surface area contributed by atoms with E-state index >= 15 is 0 Å². The molecule has 2 heterocycles. The van der Waals surface area contributed by atoms with E-state index in [-0.39, 0.29) is 0 Å². The Bertz CT molecular complexity index is 1800. The van der Waals surface area contributed by atoms with Crippen LogP contribution in [0.5, 0.6) is 0 Å². The monoisotopic (exact) mass is 520 g/mol. The molecule has 1 aromatic heterocycles. The predicted octanol–water partition coefficient (Wildman–Crippen LogP) is 9.59. The van der Waals surface area contributed by atoms with Crippen LogP contribution < -0.4 is 4.90 Å². The molecule has 0 N–H and O–H groups in total. The highest BCUT2D eigenvalue weighted by Crippen LogP contribution is 2.56. The van der Waals surface area contributed by atoms with Crippen LogP contribution in [0.2, 0.25) is 0 Å². The third kappa shape index (κ3) is 3.43. The molecule has 4 aromatic carbocycles. The van der Waals surface area contributed by atoms with Crippen molar-refractivity contribution in [1.29, 1.82) is 0 Å². The van der Waals surface area contributed by atoms with Crippen LogP contribution in [0.3, 0.4) is 0 Å². The minimum absolute atomic E-state index is 0.507. The number of benzene rings is 4. The number of rotatable bonds is 3. The molecule has 188 valence electrons. The second-order valence-corrected chi connectivity index (χ2v) is 11.8. The van der Waals surface area contributed by atoms with Gasteiger partial charge in [0.15, 0.2) is 5.66 Å². The van der Waals surface area contributed by atoms with Gasteiger partial charge in [-0.2, -0.15) is 0 Å². The first-order chi connectivity index (χ1) is 19.2. The van der Waals surface area contributed by atoms with Crippen LogP contribution in [0.4, 0.5) is 11.4 Å².